The van der Waals surface area contributed by atoms with Crippen molar-refractivity contribution in [3.05, 3.63) is 29.8 Å². The van der Waals surface area contributed by atoms with Gasteiger partial charge in [-0.1, -0.05) is 0 Å². The summed E-state index contributed by atoms with van der Waals surface area (Å²) in [7, 11) is 1.77. The summed E-state index contributed by atoms with van der Waals surface area (Å²) in [6, 6.07) is 0.650. The van der Waals surface area contributed by atoms with Gasteiger partial charge in [0.25, 0.3) is 5.91 Å². The van der Waals surface area contributed by atoms with Gasteiger partial charge in [0, 0.05) is 13.2 Å². The third-order valence-corrected chi connectivity index (χ3v) is 3.08. The Hall–Kier alpha value is -2.64. The number of amides is 1. The van der Waals surface area contributed by atoms with Crippen LogP contribution in [0.2, 0.25) is 0 Å². The van der Waals surface area contributed by atoms with Crippen molar-refractivity contribution in [1.82, 2.24) is 19.6 Å². The first kappa shape index (κ1) is 13.8. The minimum atomic E-state index is -1.01. The number of hydrogen-bond donors (Lipinski definition) is 2. The molecule has 0 aromatic carbocycles. The Balaban J connectivity index is 2.14. The molecule has 0 aliphatic rings. The van der Waals surface area contributed by atoms with E-state index in [4.69, 9.17) is 5.11 Å². The number of carboxylic acids is 1. The predicted octanol–water partition coefficient (Wildman–Crippen LogP) is 0.823. The van der Waals surface area contributed by atoms with Crippen LogP contribution in [0.5, 0.6) is 0 Å². The van der Waals surface area contributed by atoms with E-state index in [1.54, 1.807) is 17.9 Å². The van der Waals surface area contributed by atoms with E-state index >= 15 is 0 Å². The van der Waals surface area contributed by atoms with Gasteiger partial charge < -0.3 is 10.4 Å². The molecule has 1 unspecified atom stereocenters. The summed E-state index contributed by atoms with van der Waals surface area (Å²) >= 11 is 0. The molecule has 20 heavy (non-hydrogen) atoms. The molecule has 2 aromatic rings. The summed E-state index contributed by atoms with van der Waals surface area (Å²) < 4.78 is 2.87. The van der Waals surface area contributed by atoms with Crippen molar-refractivity contribution in [2.75, 3.05) is 5.32 Å². The van der Waals surface area contributed by atoms with Crippen LogP contribution in [0.3, 0.4) is 0 Å². The first-order valence-electron chi connectivity index (χ1n) is 5.98. The van der Waals surface area contributed by atoms with E-state index in [-0.39, 0.29) is 5.69 Å². The van der Waals surface area contributed by atoms with E-state index in [1.165, 1.54) is 23.9 Å². The highest BCUT2D eigenvalue weighted by molar-refractivity contribution is 6.03. The number of nitrogens with one attached hydrogen (secondary N) is 1. The molecular formula is C12H15N5O3. The van der Waals surface area contributed by atoms with E-state index in [2.05, 4.69) is 15.5 Å². The van der Waals surface area contributed by atoms with E-state index < -0.39 is 17.9 Å². The number of carboxylic acid groups (broad SMARTS) is 1. The molecule has 106 valence electrons. The molecule has 0 fully saturated rings. The first-order valence-corrected chi connectivity index (χ1v) is 5.98. The number of carbonyl (C=O) groups excluding carboxylic acids is 1. The summed E-state index contributed by atoms with van der Waals surface area (Å²) in [6.45, 7) is 3.32. The number of aromatic nitrogens is 4. The second kappa shape index (κ2) is 5.16. The van der Waals surface area contributed by atoms with Gasteiger partial charge in [0.1, 0.15) is 6.04 Å². The fraction of sp³-hybridized carbons (Fsp3) is 0.333. The van der Waals surface area contributed by atoms with Crippen molar-refractivity contribution in [3.8, 4) is 0 Å². The van der Waals surface area contributed by atoms with Gasteiger partial charge in [-0.05, 0) is 19.9 Å². The maximum atomic E-state index is 12.0. The van der Waals surface area contributed by atoms with Gasteiger partial charge in [-0.3, -0.25) is 14.2 Å². The number of carbonyl (C=O) groups is 2. The van der Waals surface area contributed by atoms with Crippen molar-refractivity contribution in [2.45, 2.75) is 19.9 Å². The quantitative estimate of drug-likeness (QED) is 0.861. The van der Waals surface area contributed by atoms with Crippen molar-refractivity contribution in [2.24, 2.45) is 7.05 Å². The van der Waals surface area contributed by atoms with Crippen LogP contribution in [0.25, 0.3) is 0 Å². The van der Waals surface area contributed by atoms with Crippen LogP contribution >= 0.6 is 0 Å². The van der Waals surface area contributed by atoms with Gasteiger partial charge in [0.15, 0.2) is 5.69 Å². The Kier molecular flexibility index (Phi) is 3.55. The van der Waals surface area contributed by atoms with Crippen LogP contribution in [0.15, 0.2) is 18.5 Å². The number of aliphatic carboxylic acids is 1. The highest BCUT2D eigenvalue weighted by Crippen LogP contribution is 2.14. The summed E-state index contributed by atoms with van der Waals surface area (Å²) in [5.74, 6) is -1.42. The molecule has 0 aliphatic carbocycles. The zero-order valence-corrected chi connectivity index (χ0v) is 11.4. The van der Waals surface area contributed by atoms with Gasteiger partial charge in [-0.2, -0.15) is 10.2 Å². The zero-order chi connectivity index (χ0) is 14.9. The minimum Gasteiger partial charge on any atom is -0.480 e. The van der Waals surface area contributed by atoms with Crippen molar-refractivity contribution >= 4 is 17.6 Å². The number of nitrogens with zero attached hydrogens (tertiary/aromatic N) is 4. The lowest BCUT2D eigenvalue weighted by molar-refractivity contribution is -0.140. The van der Waals surface area contributed by atoms with Gasteiger partial charge >= 0.3 is 5.97 Å². The average Bonchev–Trinajstić information content (AvgIpc) is 3.00. The molecule has 0 bridgehead atoms. The van der Waals surface area contributed by atoms with Crippen LogP contribution in [0.1, 0.15) is 29.1 Å². The fourth-order valence-electron chi connectivity index (χ4n) is 1.60. The first-order chi connectivity index (χ1) is 9.40. The Morgan fingerprint density at radius 2 is 2.15 bits per heavy atom. The second-order valence-corrected chi connectivity index (χ2v) is 4.42. The minimum absolute atomic E-state index is 0.154. The van der Waals surface area contributed by atoms with Gasteiger partial charge in [-0.25, -0.2) is 4.79 Å². The van der Waals surface area contributed by atoms with E-state index in [0.717, 1.165) is 5.69 Å². The highest BCUT2D eigenvalue weighted by Gasteiger charge is 2.17. The number of rotatable bonds is 4. The Morgan fingerprint density at radius 3 is 2.70 bits per heavy atom. The molecule has 2 N–H and O–H groups in total. The molecule has 1 amide bonds. The van der Waals surface area contributed by atoms with Crippen LogP contribution in [-0.2, 0) is 11.8 Å². The maximum Gasteiger partial charge on any atom is 0.328 e. The van der Waals surface area contributed by atoms with Crippen molar-refractivity contribution < 1.29 is 14.7 Å². The lowest BCUT2D eigenvalue weighted by Crippen LogP contribution is -2.18. The molecule has 8 heteroatoms. The van der Waals surface area contributed by atoms with Gasteiger partial charge in [0.05, 0.1) is 17.6 Å². The van der Waals surface area contributed by atoms with E-state index in [9.17, 15) is 9.59 Å². The second-order valence-electron chi connectivity index (χ2n) is 4.42. The summed E-state index contributed by atoms with van der Waals surface area (Å²) in [6.07, 6.45) is 3.01. The molecule has 0 saturated carbocycles. The molecule has 2 rings (SSSR count). The smallest absolute Gasteiger partial charge is 0.328 e. The molecule has 0 spiro atoms. The number of anilines is 1. The van der Waals surface area contributed by atoms with E-state index in [0.29, 0.717) is 5.69 Å². The van der Waals surface area contributed by atoms with Crippen LogP contribution in [-0.4, -0.2) is 36.5 Å². The molecule has 2 heterocycles. The largest absolute Gasteiger partial charge is 0.480 e. The zero-order valence-electron chi connectivity index (χ0n) is 11.4. The van der Waals surface area contributed by atoms with Gasteiger partial charge in [-0.15, -0.1) is 0 Å². The Morgan fingerprint density at radius 1 is 1.45 bits per heavy atom. The number of hydrogen-bond acceptors (Lipinski definition) is 4. The highest BCUT2D eigenvalue weighted by atomic mass is 16.4. The fourth-order valence-corrected chi connectivity index (χ4v) is 1.60. The molecule has 1 atom stereocenters. The Labute approximate surface area is 115 Å². The molecular weight excluding hydrogens is 262 g/mol. The summed E-state index contributed by atoms with van der Waals surface area (Å²) in [4.78, 5) is 22.9. The molecule has 8 nitrogen and oxygen atoms in total. The number of aryl methyl sites for hydroxylation is 1. The van der Waals surface area contributed by atoms with Gasteiger partial charge in [0.2, 0.25) is 0 Å². The molecule has 0 saturated heterocycles. The predicted molar refractivity (Wildman–Crippen MR) is 70.5 cm³/mol. The SMILES string of the molecule is Cc1c(NC(=O)c2ccn(C(C)C(=O)O)n2)cnn1C. The average molecular weight is 277 g/mol. The monoisotopic (exact) mass is 277 g/mol. The van der Waals surface area contributed by atoms with E-state index in [1.807, 2.05) is 6.92 Å². The van der Waals surface area contributed by atoms with Crippen molar-refractivity contribution in [1.29, 1.82) is 0 Å². The summed E-state index contributed by atoms with van der Waals surface area (Å²) in [5, 5.41) is 19.5. The molecule has 0 radical (unpaired) electrons. The lowest BCUT2D eigenvalue weighted by atomic mass is 10.3. The third kappa shape index (κ3) is 2.53. The third-order valence-electron chi connectivity index (χ3n) is 3.08. The molecule has 2 aromatic heterocycles. The van der Waals surface area contributed by atoms with Crippen LogP contribution in [0, 0.1) is 6.92 Å². The normalized spacial score (nSPS) is 12.2. The molecule has 0 aliphatic heterocycles. The Bertz CT molecular complexity index is 658. The topological polar surface area (TPSA) is 102 Å². The van der Waals surface area contributed by atoms with Crippen LogP contribution < -0.4 is 5.32 Å². The maximum absolute atomic E-state index is 12.0. The standard InChI is InChI=1S/C12H15N5O3/c1-7-10(6-13-16(7)3)14-11(18)9-4-5-17(15-9)8(2)12(19)20/h4-6,8H,1-3H3,(H,14,18)(H,19,20). The lowest BCUT2D eigenvalue weighted by Gasteiger charge is -2.05. The van der Waals surface area contributed by atoms with Crippen LogP contribution in [0.4, 0.5) is 5.69 Å². The van der Waals surface area contributed by atoms with Crippen molar-refractivity contribution in [3.63, 3.8) is 0 Å². The summed E-state index contributed by atoms with van der Waals surface area (Å²) in [5.41, 5.74) is 1.57.